The van der Waals surface area contributed by atoms with E-state index in [9.17, 15) is 0 Å². The molecule has 2 heterocycles. The standard InChI is InChI=1S/C11H23N3/c12-5-1-2-6-13-11-4-8-14-7-3-10(11)9-14/h10-11,13H,1-9,12H2. The average Bonchev–Trinajstić information content (AvgIpc) is 2.59. The minimum Gasteiger partial charge on any atom is -0.330 e. The Morgan fingerprint density at radius 1 is 1.21 bits per heavy atom. The zero-order valence-corrected chi connectivity index (χ0v) is 9.04. The molecule has 3 unspecified atom stereocenters. The van der Waals surface area contributed by atoms with E-state index < -0.39 is 0 Å². The Hall–Kier alpha value is -0.120. The number of unbranched alkanes of at least 4 members (excludes halogenated alkanes) is 1. The highest BCUT2D eigenvalue weighted by atomic mass is 15.2. The Morgan fingerprint density at radius 3 is 2.93 bits per heavy atom. The molecule has 14 heavy (non-hydrogen) atoms. The van der Waals surface area contributed by atoms with Crippen molar-refractivity contribution < 1.29 is 0 Å². The van der Waals surface area contributed by atoms with Crippen LogP contribution in [0.5, 0.6) is 0 Å². The van der Waals surface area contributed by atoms with Gasteiger partial charge >= 0.3 is 0 Å². The molecule has 0 radical (unpaired) electrons. The molecule has 2 aliphatic heterocycles. The molecule has 3 atom stereocenters. The number of nitrogens with two attached hydrogens (primary N) is 1. The molecule has 0 amide bonds. The van der Waals surface area contributed by atoms with Gasteiger partial charge in [0, 0.05) is 12.6 Å². The van der Waals surface area contributed by atoms with Gasteiger partial charge in [0.05, 0.1) is 0 Å². The van der Waals surface area contributed by atoms with Crippen molar-refractivity contribution in [3.05, 3.63) is 0 Å². The number of hydrogen-bond acceptors (Lipinski definition) is 3. The van der Waals surface area contributed by atoms with Gasteiger partial charge in [-0.1, -0.05) is 0 Å². The van der Waals surface area contributed by atoms with Gasteiger partial charge in [0.1, 0.15) is 0 Å². The first-order chi connectivity index (χ1) is 6.90. The van der Waals surface area contributed by atoms with Gasteiger partial charge in [-0.15, -0.1) is 0 Å². The number of hydrogen-bond donors (Lipinski definition) is 2. The molecule has 2 bridgehead atoms. The van der Waals surface area contributed by atoms with Crippen molar-refractivity contribution in [3.63, 3.8) is 0 Å². The molecule has 2 aliphatic rings. The summed E-state index contributed by atoms with van der Waals surface area (Å²) in [5, 5.41) is 3.70. The predicted octanol–water partition coefficient (Wildman–Crippen LogP) is 0.409. The summed E-state index contributed by atoms with van der Waals surface area (Å²) in [4.78, 5) is 2.60. The van der Waals surface area contributed by atoms with Crippen LogP contribution in [0.15, 0.2) is 0 Å². The highest BCUT2D eigenvalue weighted by molar-refractivity contribution is 4.90. The Morgan fingerprint density at radius 2 is 2.07 bits per heavy atom. The van der Waals surface area contributed by atoms with E-state index in [-0.39, 0.29) is 0 Å². The molecule has 0 aromatic carbocycles. The molecular weight excluding hydrogens is 174 g/mol. The van der Waals surface area contributed by atoms with E-state index in [0.717, 1.165) is 24.9 Å². The lowest BCUT2D eigenvalue weighted by Gasteiger charge is -2.31. The van der Waals surface area contributed by atoms with Crippen LogP contribution in [0.2, 0.25) is 0 Å². The fourth-order valence-electron chi connectivity index (χ4n) is 2.78. The van der Waals surface area contributed by atoms with Gasteiger partial charge in [-0.2, -0.15) is 0 Å². The third-order valence-corrected chi connectivity index (χ3v) is 3.67. The summed E-state index contributed by atoms with van der Waals surface area (Å²) in [6, 6.07) is 0.798. The van der Waals surface area contributed by atoms with E-state index in [1.54, 1.807) is 0 Å². The van der Waals surface area contributed by atoms with Gasteiger partial charge < -0.3 is 16.0 Å². The van der Waals surface area contributed by atoms with Crippen LogP contribution in [0.4, 0.5) is 0 Å². The quantitative estimate of drug-likeness (QED) is 0.627. The molecule has 0 aromatic heterocycles. The van der Waals surface area contributed by atoms with Crippen LogP contribution in [-0.2, 0) is 0 Å². The predicted molar refractivity (Wildman–Crippen MR) is 59.2 cm³/mol. The fourth-order valence-corrected chi connectivity index (χ4v) is 2.78. The summed E-state index contributed by atoms with van der Waals surface area (Å²) >= 11 is 0. The largest absolute Gasteiger partial charge is 0.330 e. The molecule has 0 aliphatic carbocycles. The highest BCUT2D eigenvalue weighted by Crippen LogP contribution is 2.26. The maximum Gasteiger partial charge on any atom is 0.0120 e. The second-order valence-electron chi connectivity index (χ2n) is 4.69. The van der Waals surface area contributed by atoms with Gasteiger partial charge in [-0.05, 0) is 57.8 Å². The number of fused-ring (bicyclic) bond motifs is 2. The maximum atomic E-state index is 5.47. The summed E-state index contributed by atoms with van der Waals surface area (Å²) in [7, 11) is 0. The first-order valence-electron chi connectivity index (χ1n) is 6.06. The SMILES string of the molecule is NCCCCNC1CCN2CCC1C2. The molecule has 2 saturated heterocycles. The number of rotatable bonds is 5. The molecule has 0 aromatic rings. The number of piperidine rings is 1. The van der Waals surface area contributed by atoms with E-state index in [1.165, 1.54) is 45.4 Å². The lowest BCUT2D eigenvalue weighted by atomic mass is 9.94. The van der Waals surface area contributed by atoms with E-state index >= 15 is 0 Å². The van der Waals surface area contributed by atoms with Gasteiger partial charge in [-0.25, -0.2) is 0 Å². The summed E-state index contributed by atoms with van der Waals surface area (Å²) in [5.74, 6) is 0.932. The van der Waals surface area contributed by atoms with E-state index in [1.807, 2.05) is 0 Å². The first kappa shape index (κ1) is 10.4. The topological polar surface area (TPSA) is 41.3 Å². The van der Waals surface area contributed by atoms with Crippen molar-refractivity contribution in [2.24, 2.45) is 11.7 Å². The lowest BCUT2D eigenvalue weighted by Crippen LogP contribution is -2.44. The highest BCUT2D eigenvalue weighted by Gasteiger charge is 2.33. The third kappa shape index (κ3) is 2.47. The third-order valence-electron chi connectivity index (χ3n) is 3.67. The first-order valence-corrected chi connectivity index (χ1v) is 6.06. The van der Waals surface area contributed by atoms with Gasteiger partial charge in [0.25, 0.3) is 0 Å². The number of nitrogens with one attached hydrogen (secondary N) is 1. The second-order valence-corrected chi connectivity index (χ2v) is 4.69. The maximum absolute atomic E-state index is 5.47. The lowest BCUT2D eigenvalue weighted by molar-refractivity contribution is 0.221. The monoisotopic (exact) mass is 197 g/mol. The van der Waals surface area contributed by atoms with Crippen molar-refractivity contribution in [2.75, 3.05) is 32.7 Å². The molecule has 3 heteroatoms. The normalized spacial score (nSPS) is 36.2. The Balaban J connectivity index is 1.65. The van der Waals surface area contributed by atoms with Crippen LogP contribution < -0.4 is 11.1 Å². The van der Waals surface area contributed by atoms with E-state index in [4.69, 9.17) is 5.73 Å². The zero-order chi connectivity index (χ0) is 9.80. The minimum absolute atomic E-state index is 0.798. The zero-order valence-electron chi connectivity index (χ0n) is 9.04. The van der Waals surface area contributed by atoms with Gasteiger partial charge in [0.2, 0.25) is 0 Å². The summed E-state index contributed by atoms with van der Waals surface area (Å²) in [5.41, 5.74) is 5.47. The van der Waals surface area contributed by atoms with Gasteiger partial charge in [0.15, 0.2) is 0 Å². The van der Waals surface area contributed by atoms with Crippen molar-refractivity contribution in [1.82, 2.24) is 10.2 Å². The summed E-state index contributed by atoms with van der Waals surface area (Å²) in [6.45, 7) is 5.99. The smallest absolute Gasteiger partial charge is 0.0120 e. The average molecular weight is 197 g/mol. The molecule has 2 fully saturated rings. The van der Waals surface area contributed by atoms with E-state index in [0.29, 0.717) is 0 Å². The van der Waals surface area contributed by atoms with Crippen molar-refractivity contribution >= 4 is 0 Å². The van der Waals surface area contributed by atoms with Crippen LogP contribution >= 0.6 is 0 Å². The second kappa shape index (κ2) is 5.10. The summed E-state index contributed by atoms with van der Waals surface area (Å²) < 4.78 is 0. The van der Waals surface area contributed by atoms with Crippen LogP contribution in [-0.4, -0.2) is 43.7 Å². The molecule has 2 rings (SSSR count). The van der Waals surface area contributed by atoms with Crippen molar-refractivity contribution in [2.45, 2.75) is 31.7 Å². The minimum atomic E-state index is 0.798. The molecular formula is C11H23N3. The molecule has 3 N–H and O–H groups in total. The molecule has 82 valence electrons. The fraction of sp³-hybridized carbons (Fsp3) is 1.00. The molecule has 0 spiro atoms. The van der Waals surface area contributed by atoms with E-state index in [2.05, 4.69) is 10.2 Å². The van der Waals surface area contributed by atoms with Crippen LogP contribution in [0.25, 0.3) is 0 Å². The van der Waals surface area contributed by atoms with Crippen LogP contribution in [0.3, 0.4) is 0 Å². The Kier molecular flexibility index (Phi) is 3.79. The molecule has 0 saturated carbocycles. The van der Waals surface area contributed by atoms with Crippen molar-refractivity contribution in [3.8, 4) is 0 Å². The van der Waals surface area contributed by atoms with Crippen LogP contribution in [0, 0.1) is 5.92 Å². The Bertz CT molecular complexity index is 172. The van der Waals surface area contributed by atoms with Crippen LogP contribution in [0.1, 0.15) is 25.7 Å². The van der Waals surface area contributed by atoms with Crippen molar-refractivity contribution in [1.29, 1.82) is 0 Å². The number of nitrogens with zero attached hydrogens (tertiary/aromatic N) is 1. The summed E-state index contributed by atoms with van der Waals surface area (Å²) in [6.07, 6.45) is 5.17. The Labute approximate surface area is 87.0 Å². The molecule has 3 nitrogen and oxygen atoms in total. The van der Waals surface area contributed by atoms with Gasteiger partial charge in [-0.3, -0.25) is 0 Å².